The van der Waals surface area contributed by atoms with Crippen molar-refractivity contribution in [1.82, 2.24) is 0 Å². The molecule has 0 atom stereocenters. The number of aryl methyl sites for hydroxylation is 2. The van der Waals surface area contributed by atoms with Gasteiger partial charge in [-0.05, 0) is 0 Å². The van der Waals surface area contributed by atoms with E-state index < -0.39 is 0 Å². The Balaban J connectivity index is 0. The molecule has 0 fully saturated rings. The van der Waals surface area contributed by atoms with Crippen LogP contribution in [-0.2, 0) is 19.5 Å². The molecular weight excluding hydrogens is 197 g/mol. The summed E-state index contributed by atoms with van der Waals surface area (Å²) in [4.78, 5) is 0. The Bertz CT molecular complexity index is 169. The van der Waals surface area contributed by atoms with Gasteiger partial charge in [0.15, 0.2) is 0 Å². The van der Waals surface area contributed by atoms with E-state index in [9.17, 15) is 0 Å². The Morgan fingerprint density at radius 2 is 1.50 bits per heavy atom. The topological polar surface area (TPSA) is 0 Å². The molecule has 0 aromatic heterocycles. The predicted molar refractivity (Wildman–Crippen MR) is 34.8 cm³/mol. The third-order valence-electron chi connectivity index (χ3n) is 1.08. The van der Waals surface area contributed by atoms with Crippen molar-refractivity contribution in [2.45, 2.75) is 13.8 Å². The van der Waals surface area contributed by atoms with E-state index in [1.165, 1.54) is 11.1 Å². The summed E-state index contributed by atoms with van der Waals surface area (Å²) in [6.45, 7) is 4.15. The van der Waals surface area contributed by atoms with Crippen LogP contribution < -0.4 is 12.4 Å². The van der Waals surface area contributed by atoms with Crippen LogP contribution in [0.15, 0.2) is 18.2 Å². The molecule has 0 aliphatic carbocycles. The third kappa shape index (κ3) is 4.03. The summed E-state index contributed by atoms with van der Waals surface area (Å²) in [7, 11) is 0. The van der Waals surface area contributed by atoms with Crippen LogP contribution in [0, 0.1) is 19.9 Å². The molecule has 0 heterocycles. The van der Waals surface area contributed by atoms with E-state index in [0.29, 0.717) is 0 Å². The SMILES string of the molecule is Cc1c[c-]cc(C)c1.[Cl-].[Zn+2]. The zero-order valence-electron chi connectivity index (χ0n) is 6.32. The number of rotatable bonds is 0. The fourth-order valence-electron chi connectivity index (χ4n) is 0.747. The van der Waals surface area contributed by atoms with E-state index in [1.54, 1.807) is 0 Å². The molecule has 0 unspecified atom stereocenters. The molecule has 0 aliphatic rings. The number of hydrogen-bond acceptors (Lipinski definition) is 0. The monoisotopic (exact) mass is 204 g/mol. The standard InChI is InChI=1S/C8H9.ClH.Zn/c1-7-4-3-5-8(2)6-7;;/h4-6H,1-2H3;1H;/q-1;;+2/p-1. The quantitative estimate of drug-likeness (QED) is 0.381. The molecule has 0 N–H and O–H groups in total. The summed E-state index contributed by atoms with van der Waals surface area (Å²) < 4.78 is 0. The third-order valence-corrected chi connectivity index (χ3v) is 1.08. The van der Waals surface area contributed by atoms with Crippen LogP contribution >= 0.6 is 0 Å². The average Bonchev–Trinajstić information content (AvgIpc) is 1.64. The first-order valence-electron chi connectivity index (χ1n) is 2.73. The van der Waals surface area contributed by atoms with E-state index in [2.05, 4.69) is 26.0 Å². The van der Waals surface area contributed by atoms with Crippen molar-refractivity contribution in [3.63, 3.8) is 0 Å². The Labute approximate surface area is 81.2 Å². The average molecular weight is 206 g/mol. The second kappa shape index (κ2) is 5.88. The summed E-state index contributed by atoms with van der Waals surface area (Å²) >= 11 is 0. The molecule has 1 aromatic rings. The summed E-state index contributed by atoms with van der Waals surface area (Å²) in [5, 5.41) is 0. The van der Waals surface area contributed by atoms with E-state index in [4.69, 9.17) is 0 Å². The largest absolute Gasteiger partial charge is 2.00 e. The minimum Gasteiger partial charge on any atom is -1.00 e. The van der Waals surface area contributed by atoms with Gasteiger partial charge < -0.3 is 12.4 Å². The smallest absolute Gasteiger partial charge is 1.00 e. The summed E-state index contributed by atoms with van der Waals surface area (Å²) in [6, 6.07) is 9.12. The molecule has 0 nitrogen and oxygen atoms in total. The van der Waals surface area contributed by atoms with E-state index >= 15 is 0 Å². The zero-order chi connectivity index (χ0) is 5.98. The van der Waals surface area contributed by atoms with Crippen molar-refractivity contribution in [3.8, 4) is 0 Å². The van der Waals surface area contributed by atoms with Gasteiger partial charge in [-0.25, -0.2) is 0 Å². The number of halogens is 1. The van der Waals surface area contributed by atoms with Crippen molar-refractivity contribution >= 4 is 0 Å². The second-order valence-corrected chi connectivity index (χ2v) is 2.09. The first-order chi connectivity index (χ1) is 3.79. The molecule has 0 aliphatic heterocycles. The van der Waals surface area contributed by atoms with Gasteiger partial charge in [0.25, 0.3) is 0 Å². The van der Waals surface area contributed by atoms with Crippen LogP contribution in [0.2, 0.25) is 0 Å². The number of hydrogen-bond donors (Lipinski definition) is 0. The fourth-order valence-corrected chi connectivity index (χ4v) is 0.747. The molecule has 0 bridgehead atoms. The first kappa shape index (κ1) is 12.8. The molecule has 0 spiro atoms. The van der Waals surface area contributed by atoms with Crippen LogP contribution in [0.25, 0.3) is 0 Å². The first-order valence-corrected chi connectivity index (χ1v) is 2.73. The van der Waals surface area contributed by atoms with Gasteiger partial charge in [0, 0.05) is 0 Å². The van der Waals surface area contributed by atoms with Crippen molar-refractivity contribution in [3.05, 3.63) is 35.4 Å². The molecule has 2 heteroatoms. The summed E-state index contributed by atoms with van der Waals surface area (Å²) in [5.74, 6) is 0. The molecule has 1 aromatic carbocycles. The van der Waals surface area contributed by atoms with E-state index in [0.717, 1.165) is 0 Å². The summed E-state index contributed by atoms with van der Waals surface area (Å²) in [5.41, 5.74) is 2.56. The minimum atomic E-state index is 0. The van der Waals surface area contributed by atoms with E-state index in [1.807, 2.05) is 12.1 Å². The van der Waals surface area contributed by atoms with Crippen molar-refractivity contribution in [2.75, 3.05) is 0 Å². The number of benzene rings is 1. The molecule has 0 amide bonds. The van der Waals surface area contributed by atoms with Gasteiger partial charge in [-0.2, -0.15) is 35.4 Å². The molecule has 10 heavy (non-hydrogen) atoms. The van der Waals surface area contributed by atoms with Gasteiger partial charge in [-0.15, -0.1) is 0 Å². The van der Waals surface area contributed by atoms with E-state index in [-0.39, 0.29) is 31.9 Å². The Morgan fingerprint density at radius 1 is 1.10 bits per heavy atom. The van der Waals surface area contributed by atoms with Crippen LogP contribution in [0.3, 0.4) is 0 Å². The molecule has 0 saturated heterocycles. The van der Waals surface area contributed by atoms with Crippen molar-refractivity contribution in [1.29, 1.82) is 0 Å². The molecule has 0 radical (unpaired) electrons. The van der Waals surface area contributed by atoms with Gasteiger partial charge in [-0.1, -0.05) is 13.8 Å². The van der Waals surface area contributed by atoms with Crippen molar-refractivity contribution < 1.29 is 31.9 Å². The predicted octanol–water partition coefficient (Wildman–Crippen LogP) is -0.895. The molecular formula is C8H9ClZn. The molecule has 1 rings (SSSR count). The maximum absolute atomic E-state index is 3.03. The van der Waals surface area contributed by atoms with Gasteiger partial charge in [0.05, 0.1) is 0 Å². The van der Waals surface area contributed by atoms with Crippen molar-refractivity contribution in [2.24, 2.45) is 0 Å². The molecule has 0 saturated carbocycles. The summed E-state index contributed by atoms with van der Waals surface area (Å²) in [6.07, 6.45) is 0. The fraction of sp³-hybridized carbons (Fsp3) is 0.250. The Hall–Kier alpha value is 0.133. The zero-order valence-corrected chi connectivity index (χ0v) is 10.0. The maximum Gasteiger partial charge on any atom is 2.00 e. The van der Waals surface area contributed by atoms with Crippen LogP contribution in [-0.4, -0.2) is 0 Å². The Morgan fingerprint density at radius 3 is 1.70 bits per heavy atom. The van der Waals surface area contributed by atoms with Gasteiger partial charge in [0.2, 0.25) is 0 Å². The van der Waals surface area contributed by atoms with Gasteiger partial charge in [-0.3, -0.25) is 0 Å². The molecule has 50 valence electrons. The Kier molecular flexibility index (Phi) is 7.52. The maximum atomic E-state index is 3.03. The normalized spacial score (nSPS) is 7.40. The van der Waals surface area contributed by atoms with Crippen LogP contribution in [0.5, 0.6) is 0 Å². The van der Waals surface area contributed by atoms with Crippen LogP contribution in [0.4, 0.5) is 0 Å². The van der Waals surface area contributed by atoms with Gasteiger partial charge in [0.1, 0.15) is 0 Å². The second-order valence-electron chi connectivity index (χ2n) is 2.09. The minimum absolute atomic E-state index is 0. The van der Waals surface area contributed by atoms with Gasteiger partial charge >= 0.3 is 19.5 Å². The van der Waals surface area contributed by atoms with Crippen LogP contribution in [0.1, 0.15) is 11.1 Å².